The second-order valence-electron chi connectivity index (χ2n) is 4.32. The van der Waals surface area contributed by atoms with Crippen LogP contribution in [0.4, 0.5) is 5.69 Å². The molecule has 0 aliphatic rings. The Labute approximate surface area is 113 Å². The molecule has 0 aliphatic carbocycles. The number of hydrogen-bond donors (Lipinski definition) is 2. The zero-order valence-corrected chi connectivity index (χ0v) is 11.8. The Hall–Kier alpha value is -1.49. The first-order valence-electron chi connectivity index (χ1n) is 6.00. The molecule has 3 N–H and O–H groups in total. The highest BCUT2D eigenvalue weighted by Gasteiger charge is 2.21. The molecule has 98 valence electrons. The van der Waals surface area contributed by atoms with Crippen molar-refractivity contribution in [2.45, 2.75) is 33.6 Å². The zero-order chi connectivity index (χ0) is 13.7. The summed E-state index contributed by atoms with van der Waals surface area (Å²) < 4.78 is 0. The molecule has 1 aromatic heterocycles. The summed E-state index contributed by atoms with van der Waals surface area (Å²) in [4.78, 5) is 16.6. The number of amides is 1. The van der Waals surface area contributed by atoms with E-state index in [2.05, 4.69) is 10.3 Å². The summed E-state index contributed by atoms with van der Waals surface area (Å²) in [5.41, 5.74) is 8.02. The average molecular weight is 265 g/mol. The van der Waals surface area contributed by atoms with Gasteiger partial charge in [0.2, 0.25) is 5.91 Å². The molecular weight excluding hydrogens is 246 g/mol. The summed E-state index contributed by atoms with van der Waals surface area (Å²) in [7, 11) is 0. The topological polar surface area (TPSA) is 68.0 Å². The second-order valence-corrected chi connectivity index (χ2v) is 4.79. The number of nitrogens with zero attached hydrogens (tertiary/aromatic N) is 1. The fourth-order valence-corrected chi connectivity index (χ4v) is 1.95. The Morgan fingerprint density at radius 1 is 1.50 bits per heavy atom. The molecule has 1 rings (SSSR count). The van der Waals surface area contributed by atoms with Gasteiger partial charge in [-0.15, -0.1) is 0 Å². The Morgan fingerprint density at radius 3 is 2.67 bits per heavy atom. The molecule has 0 spiro atoms. The highest BCUT2D eigenvalue weighted by molar-refractivity contribution is 7.80. The quantitative estimate of drug-likeness (QED) is 0.802. The Bertz CT molecular complexity index is 460. The lowest BCUT2D eigenvalue weighted by Gasteiger charge is -2.15. The third kappa shape index (κ3) is 3.77. The number of nitrogens with one attached hydrogen (secondary N) is 1. The summed E-state index contributed by atoms with van der Waals surface area (Å²) in [5, 5.41) is 2.83. The van der Waals surface area contributed by atoms with Crippen LogP contribution in [0.2, 0.25) is 0 Å². The van der Waals surface area contributed by atoms with Crippen LogP contribution in [0.15, 0.2) is 12.1 Å². The number of aryl methyl sites for hydroxylation is 2. The summed E-state index contributed by atoms with van der Waals surface area (Å²) in [6.07, 6.45) is 1.53. The molecule has 1 aromatic rings. The van der Waals surface area contributed by atoms with E-state index in [4.69, 9.17) is 18.0 Å². The number of pyridine rings is 1. The minimum atomic E-state index is -0.411. The Balaban J connectivity index is 2.82. The van der Waals surface area contributed by atoms with Crippen LogP contribution in [0.3, 0.4) is 0 Å². The van der Waals surface area contributed by atoms with Crippen molar-refractivity contribution in [3.05, 3.63) is 23.5 Å². The van der Waals surface area contributed by atoms with Gasteiger partial charge in [-0.25, -0.2) is 0 Å². The van der Waals surface area contributed by atoms with Crippen molar-refractivity contribution in [1.29, 1.82) is 0 Å². The maximum absolute atomic E-state index is 12.1. The van der Waals surface area contributed by atoms with Crippen LogP contribution >= 0.6 is 12.2 Å². The van der Waals surface area contributed by atoms with Crippen LogP contribution in [-0.4, -0.2) is 15.9 Å². The van der Waals surface area contributed by atoms with Gasteiger partial charge in [0.1, 0.15) is 0 Å². The minimum absolute atomic E-state index is 0.155. The van der Waals surface area contributed by atoms with Crippen LogP contribution in [0.1, 0.15) is 31.2 Å². The minimum Gasteiger partial charge on any atom is -0.393 e. The molecule has 0 saturated heterocycles. The Kier molecular flexibility index (Phi) is 5.22. The first-order valence-corrected chi connectivity index (χ1v) is 6.41. The van der Waals surface area contributed by atoms with Crippen molar-refractivity contribution in [3.8, 4) is 0 Å². The molecule has 1 atom stereocenters. The van der Waals surface area contributed by atoms with Gasteiger partial charge in [-0.05, 0) is 32.4 Å². The van der Waals surface area contributed by atoms with E-state index in [9.17, 15) is 4.79 Å². The molecule has 5 heteroatoms. The van der Waals surface area contributed by atoms with Crippen LogP contribution in [0.5, 0.6) is 0 Å². The summed E-state index contributed by atoms with van der Waals surface area (Å²) in [6.45, 7) is 5.77. The maximum atomic E-state index is 12.1. The third-order valence-electron chi connectivity index (χ3n) is 2.72. The van der Waals surface area contributed by atoms with Crippen molar-refractivity contribution in [2.24, 2.45) is 11.7 Å². The lowest BCUT2D eigenvalue weighted by atomic mass is 10.0. The van der Waals surface area contributed by atoms with Crippen molar-refractivity contribution < 1.29 is 4.79 Å². The number of carbonyl (C=O) groups is 1. The predicted octanol–water partition coefficient (Wildman–Crippen LogP) is 2.34. The molecule has 0 aliphatic heterocycles. The van der Waals surface area contributed by atoms with E-state index in [-0.39, 0.29) is 10.9 Å². The normalized spacial score (nSPS) is 11.9. The van der Waals surface area contributed by atoms with E-state index in [0.717, 1.165) is 17.8 Å². The molecule has 0 aromatic carbocycles. The third-order valence-corrected chi connectivity index (χ3v) is 3.00. The van der Waals surface area contributed by atoms with Gasteiger partial charge in [0, 0.05) is 5.69 Å². The second kappa shape index (κ2) is 6.44. The molecule has 1 unspecified atom stereocenters. The number of hydrogen-bond acceptors (Lipinski definition) is 3. The molecule has 1 amide bonds. The van der Waals surface area contributed by atoms with Gasteiger partial charge in [0.05, 0.1) is 22.3 Å². The van der Waals surface area contributed by atoms with Gasteiger partial charge in [-0.1, -0.05) is 25.6 Å². The van der Waals surface area contributed by atoms with E-state index >= 15 is 0 Å². The number of thiocarbonyl (C=S) groups is 1. The van der Waals surface area contributed by atoms with Crippen molar-refractivity contribution in [2.75, 3.05) is 5.32 Å². The zero-order valence-electron chi connectivity index (χ0n) is 11.0. The fourth-order valence-electron chi connectivity index (χ4n) is 1.73. The van der Waals surface area contributed by atoms with Gasteiger partial charge in [-0.2, -0.15) is 0 Å². The maximum Gasteiger partial charge on any atom is 0.234 e. The number of anilines is 1. The fraction of sp³-hybridized carbons (Fsp3) is 0.462. The van der Waals surface area contributed by atoms with Crippen molar-refractivity contribution in [1.82, 2.24) is 4.98 Å². The number of nitrogens with two attached hydrogens (primary N) is 1. The van der Waals surface area contributed by atoms with Crippen molar-refractivity contribution >= 4 is 28.8 Å². The van der Waals surface area contributed by atoms with E-state index in [1.807, 2.05) is 32.9 Å². The first-order chi connectivity index (χ1) is 8.45. The monoisotopic (exact) mass is 265 g/mol. The van der Waals surface area contributed by atoms with E-state index < -0.39 is 5.92 Å². The van der Waals surface area contributed by atoms with Gasteiger partial charge in [0.15, 0.2) is 0 Å². The van der Waals surface area contributed by atoms with Gasteiger partial charge >= 0.3 is 0 Å². The summed E-state index contributed by atoms with van der Waals surface area (Å²) in [5.74, 6) is -0.566. The molecule has 0 fully saturated rings. The summed E-state index contributed by atoms with van der Waals surface area (Å²) >= 11 is 4.93. The molecule has 18 heavy (non-hydrogen) atoms. The van der Waals surface area contributed by atoms with Crippen molar-refractivity contribution in [3.63, 3.8) is 0 Å². The lowest BCUT2D eigenvalue weighted by molar-refractivity contribution is -0.118. The first kappa shape index (κ1) is 14.6. The van der Waals surface area contributed by atoms with Gasteiger partial charge in [-0.3, -0.25) is 9.78 Å². The average Bonchev–Trinajstić information content (AvgIpc) is 2.29. The summed E-state index contributed by atoms with van der Waals surface area (Å²) in [6, 6.07) is 3.70. The van der Waals surface area contributed by atoms with Crippen LogP contribution in [-0.2, 0) is 4.79 Å². The highest BCUT2D eigenvalue weighted by Crippen LogP contribution is 2.16. The number of rotatable bonds is 5. The molecule has 0 bridgehead atoms. The lowest BCUT2D eigenvalue weighted by Crippen LogP contribution is -2.33. The molecule has 0 saturated carbocycles. The standard InChI is InChI=1S/C13H19N3OS/c1-4-5-10(12(14)18)13(17)16-11-7-6-8(2)15-9(11)3/h6-7,10H,4-5H2,1-3H3,(H2,14,18)(H,16,17). The van der Waals surface area contributed by atoms with Crippen LogP contribution in [0, 0.1) is 19.8 Å². The largest absolute Gasteiger partial charge is 0.393 e. The van der Waals surface area contributed by atoms with Crippen LogP contribution < -0.4 is 11.1 Å². The van der Waals surface area contributed by atoms with E-state index in [1.165, 1.54) is 0 Å². The highest BCUT2D eigenvalue weighted by atomic mass is 32.1. The van der Waals surface area contributed by atoms with E-state index in [0.29, 0.717) is 12.1 Å². The molecule has 4 nitrogen and oxygen atoms in total. The molecular formula is C13H19N3OS. The molecule has 1 heterocycles. The SMILES string of the molecule is CCCC(C(=O)Nc1ccc(C)nc1C)C(N)=S. The van der Waals surface area contributed by atoms with Gasteiger partial charge < -0.3 is 11.1 Å². The van der Waals surface area contributed by atoms with E-state index in [1.54, 1.807) is 0 Å². The Morgan fingerprint density at radius 2 is 2.17 bits per heavy atom. The van der Waals surface area contributed by atoms with Crippen LogP contribution in [0.25, 0.3) is 0 Å². The number of aromatic nitrogens is 1. The number of carbonyl (C=O) groups excluding carboxylic acids is 1. The predicted molar refractivity (Wildman–Crippen MR) is 77.5 cm³/mol. The molecule has 0 radical (unpaired) electrons. The smallest absolute Gasteiger partial charge is 0.234 e. The van der Waals surface area contributed by atoms with Gasteiger partial charge in [0.25, 0.3) is 0 Å².